The monoisotopic (exact) mass is 293 g/mol. The molecule has 5 heteroatoms. The highest BCUT2D eigenvalue weighted by Gasteiger charge is 2.12. The van der Waals surface area contributed by atoms with E-state index in [0.29, 0.717) is 17.3 Å². The predicted molar refractivity (Wildman–Crippen MR) is 78.0 cm³/mol. The van der Waals surface area contributed by atoms with E-state index < -0.39 is 6.10 Å². The van der Waals surface area contributed by atoms with Gasteiger partial charge in [-0.25, -0.2) is 0 Å². The summed E-state index contributed by atoms with van der Waals surface area (Å²) in [6.07, 6.45) is -0.550. The van der Waals surface area contributed by atoms with Crippen molar-refractivity contribution in [3.05, 3.63) is 29.3 Å². The van der Waals surface area contributed by atoms with Crippen LogP contribution in [0.25, 0.3) is 0 Å². The molecule has 1 aromatic rings. The number of benzene rings is 1. The van der Waals surface area contributed by atoms with Gasteiger partial charge in [-0.15, -0.1) is 12.4 Å². The van der Waals surface area contributed by atoms with Crippen molar-refractivity contribution in [2.75, 3.05) is 13.2 Å². The fraction of sp³-hybridized carbons (Fsp3) is 0.538. The number of hydrogen-bond donors (Lipinski definition) is 2. The summed E-state index contributed by atoms with van der Waals surface area (Å²) in [5.41, 5.74) is -0.00856. The molecular weight excluding hydrogens is 273 g/mol. The first-order valence-corrected chi connectivity index (χ1v) is 6.07. The Hall–Kier alpha value is -0.480. The minimum absolute atomic E-state index is 0. The normalized spacial score (nSPS) is 12.7. The number of halogens is 2. The Bertz CT molecular complexity index is 353. The number of para-hydroxylation sites is 1. The highest BCUT2D eigenvalue weighted by atomic mass is 35.5. The van der Waals surface area contributed by atoms with Crippen LogP contribution in [0.3, 0.4) is 0 Å². The Kier molecular flexibility index (Phi) is 7.64. The van der Waals surface area contributed by atoms with Crippen molar-refractivity contribution in [3.8, 4) is 5.75 Å². The first kappa shape index (κ1) is 17.5. The number of aliphatic hydroxyl groups excluding tert-OH is 1. The Labute approximate surface area is 120 Å². The first-order valence-electron chi connectivity index (χ1n) is 5.69. The van der Waals surface area contributed by atoms with Crippen molar-refractivity contribution in [1.29, 1.82) is 0 Å². The Morgan fingerprint density at radius 3 is 2.50 bits per heavy atom. The quantitative estimate of drug-likeness (QED) is 0.877. The van der Waals surface area contributed by atoms with E-state index in [1.54, 1.807) is 12.1 Å². The van der Waals surface area contributed by atoms with Crippen LogP contribution in [0.1, 0.15) is 20.8 Å². The minimum atomic E-state index is -0.550. The van der Waals surface area contributed by atoms with Crippen molar-refractivity contribution in [3.63, 3.8) is 0 Å². The molecule has 0 bridgehead atoms. The Morgan fingerprint density at radius 2 is 1.94 bits per heavy atom. The van der Waals surface area contributed by atoms with Crippen LogP contribution in [0.2, 0.25) is 5.02 Å². The van der Waals surface area contributed by atoms with Crippen molar-refractivity contribution >= 4 is 24.0 Å². The third kappa shape index (κ3) is 7.07. The van der Waals surface area contributed by atoms with Gasteiger partial charge in [-0.3, -0.25) is 0 Å². The molecule has 2 N–H and O–H groups in total. The average molecular weight is 294 g/mol. The van der Waals surface area contributed by atoms with E-state index in [-0.39, 0.29) is 24.6 Å². The largest absolute Gasteiger partial charge is 0.489 e. The number of ether oxygens (including phenoxy) is 1. The molecule has 1 aromatic carbocycles. The molecule has 0 spiro atoms. The summed E-state index contributed by atoms with van der Waals surface area (Å²) in [6, 6.07) is 7.23. The van der Waals surface area contributed by atoms with Gasteiger partial charge in [-0.2, -0.15) is 0 Å². The average Bonchev–Trinajstić information content (AvgIpc) is 2.24. The van der Waals surface area contributed by atoms with E-state index in [1.165, 1.54) is 0 Å². The van der Waals surface area contributed by atoms with Crippen molar-refractivity contribution in [2.24, 2.45) is 0 Å². The zero-order valence-electron chi connectivity index (χ0n) is 10.9. The molecule has 0 aliphatic heterocycles. The summed E-state index contributed by atoms with van der Waals surface area (Å²) >= 11 is 5.94. The van der Waals surface area contributed by atoms with Crippen molar-refractivity contribution in [1.82, 2.24) is 5.32 Å². The molecule has 0 aromatic heterocycles. The fourth-order valence-corrected chi connectivity index (χ4v) is 1.42. The van der Waals surface area contributed by atoms with Crippen LogP contribution in [0, 0.1) is 0 Å². The number of aliphatic hydroxyl groups is 1. The van der Waals surface area contributed by atoms with E-state index in [4.69, 9.17) is 16.3 Å². The maximum Gasteiger partial charge on any atom is 0.138 e. The van der Waals surface area contributed by atoms with Crippen LogP contribution < -0.4 is 10.1 Å². The minimum Gasteiger partial charge on any atom is -0.489 e. The van der Waals surface area contributed by atoms with E-state index in [1.807, 2.05) is 12.1 Å². The Balaban J connectivity index is 0.00000289. The lowest BCUT2D eigenvalue weighted by atomic mass is 10.1. The molecule has 0 amide bonds. The number of hydrogen-bond acceptors (Lipinski definition) is 3. The standard InChI is InChI=1S/C13H20ClNO2.ClH/c1-13(2,3)15-8-10(16)9-17-12-7-5-4-6-11(12)14;/h4-7,10,15-16H,8-9H2,1-3H3;1H. The molecule has 0 radical (unpaired) electrons. The summed E-state index contributed by atoms with van der Waals surface area (Å²) in [7, 11) is 0. The summed E-state index contributed by atoms with van der Waals surface area (Å²) in [6.45, 7) is 6.87. The van der Waals surface area contributed by atoms with Crippen molar-refractivity contribution < 1.29 is 9.84 Å². The molecule has 104 valence electrons. The molecule has 0 aliphatic rings. The third-order valence-electron chi connectivity index (χ3n) is 2.14. The zero-order chi connectivity index (χ0) is 12.9. The lowest BCUT2D eigenvalue weighted by molar-refractivity contribution is 0.100. The van der Waals surface area contributed by atoms with E-state index in [9.17, 15) is 5.11 Å². The van der Waals surface area contributed by atoms with Gasteiger partial charge in [0.1, 0.15) is 18.5 Å². The van der Waals surface area contributed by atoms with E-state index in [2.05, 4.69) is 26.1 Å². The highest BCUT2D eigenvalue weighted by molar-refractivity contribution is 6.32. The maximum absolute atomic E-state index is 9.73. The smallest absolute Gasteiger partial charge is 0.138 e. The van der Waals surface area contributed by atoms with Gasteiger partial charge < -0.3 is 15.2 Å². The van der Waals surface area contributed by atoms with Gasteiger partial charge in [0.2, 0.25) is 0 Å². The van der Waals surface area contributed by atoms with E-state index in [0.717, 1.165) is 0 Å². The number of β-amino-alcohol motifs (C(OH)–C–C–N with tert-alkyl or cyclic N) is 1. The molecule has 0 saturated carbocycles. The van der Waals surface area contributed by atoms with Gasteiger partial charge in [0, 0.05) is 12.1 Å². The SMILES string of the molecule is CC(C)(C)NCC(O)COc1ccccc1Cl.Cl. The molecule has 0 heterocycles. The molecule has 0 saturated heterocycles. The molecular formula is C13H21Cl2NO2. The van der Waals surface area contributed by atoms with Gasteiger partial charge in [0.05, 0.1) is 5.02 Å². The lowest BCUT2D eigenvalue weighted by Crippen LogP contribution is -2.42. The summed E-state index contributed by atoms with van der Waals surface area (Å²) in [4.78, 5) is 0. The van der Waals surface area contributed by atoms with Gasteiger partial charge >= 0.3 is 0 Å². The Morgan fingerprint density at radius 1 is 1.33 bits per heavy atom. The topological polar surface area (TPSA) is 41.5 Å². The molecule has 1 rings (SSSR count). The zero-order valence-corrected chi connectivity index (χ0v) is 12.5. The summed E-state index contributed by atoms with van der Waals surface area (Å²) in [5.74, 6) is 0.601. The molecule has 3 nitrogen and oxygen atoms in total. The van der Waals surface area contributed by atoms with Gasteiger partial charge in [0.15, 0.2) is 0 Å². The predicted octanol–water partition coefficient (Wildman–Crippen LogP) is 2.89. The molecule has 0 aliphatic carbocycles. The summed E-state index contributed by atoms with van der Waals surface area (Å²) in [5, 5.41) is 13.5. The molecule has 1 atom stereocenters. The maximum atomic E-state index is 9.73. The second-order valence-electron chi connectivity index (χ2n) is 5.03. The van der Waals surface area contributed by atoms with Crippen LogP contribution in [-0.4, -0.2) is 29.9 Å². The van der Waals surface area contributed by atoms with Gasteiger partial charge in [-0.05, 0) is 32.9 Å². The van der Waals surface area contributed by atoms with Crippen LogP contribution in [0.5, 0.6) is 5.75 Å². The fourth-order valence-electron chi connectivity index (χ4n) is 1.23. The van der Waals surface area contributed by atoms with Crippen LogP contribution in [0.4, 0.5) is 0 Å². The van der Waals surface area contributed by atoms with Gasteiger partial charge in [-0.1, -0.05) is 23.7 Å². The molecule has 1 unspecified atom stereocenters. The van der Waals surface area contributed by atoms with E-state index >= 15 is 0 Å². The first-order chi connectivity index (χ1) is 7.88. The molecule has 0 fully saturated rings. The highest BCUT2D eigenvalue weighted by Crippen LogP contribution is 2.23. The molecule has 18 heavy (non-hydrogen) atoms. The van der Waals surface area contributed by atoms with Crippen molar-refractivity contribution in [2.45, 2.75) is 32.4 Å². The number of rotatable bonds is 5. The third-order valence-corrected chi connectivity index (χ3v) is 2.45. The van der Waals surface area contributed by atoms with Crippen LogP contribution >= 0.6 is 24.0 Å². The number of nitrogens with one attached hydrogen (secondary N) is 1. The second kappa shape index (κ2) is 7.85. The second-order valence-corrected chi connectivity index (χ2v) is 5.43. The van der Waals surface area contributed by atoms with Crippen LogP contribution in [0.15, 0.2) is 24.3 Å². The lowest BCUT2D eigenvalue weighted by Gasteiger charge is -2.23. The van der Waals surface area contributed by atoms with Crippen LogP contribution in [-0.2, 0) is 0 Å². The van der Waals surface area contributed by atoms with Gasteiger partial charge in [0.25, 0.3) is 0 Å². The summed E-state index contributed by atoms with van der Waals surface area (Å²) < 4.78 is 5.44.